The van der Waals surface area contributed by atoms with E-state index in [0.29, 0.717) is 0 Å². The smallest absolute Gasteiger partial charge is 0.0469 e. The van der Waals surface area contributed by atoms with Crippen LogP contribution in [0, 0.1) is 12.8 Å². The summed E-state index contributed by atoms with van der Waals surface area (Å²) in [5.74, 6) is 0.745. The van der Waals surface area contributed by atoms with Gasteiger partial charge in [-0.2, -0.15) is 0 Å². The summed E-state index contributed by atoms with van der Waals surface area (Å²) in [7, 11) is 2.15. The molecule has 0 aromatic heterocycles. The average molecular weight is 234 g/mol. The minimum atomic E-state index is 0.745. The van der Waals surface area contributed by atoms with Crippen LogP contribution in [0.1, 0.15) is 18.4 Å². The van der Waals surface area contributed by atoms with E-state index in [2.05, 4.69) is 24.9 Å². The summed E-state index contributed by atoms with van der Waals surface area (Å²) in [4.78, 5) is 2.32. The van der Waals surface area contributed by atoms with Gasteiger partial charge in [0.2, 0.25) is 0 Å². The van der Waals surface area contributed by atoms with Crippen LogP contribution in [0.4, 0.5) is 11.4 Å². The Morgan fingerprint density at radius 1 is 1.35 bits per heavy atom. The molecule has 0 saturated carbocycles. The number of benzene rings is 1. The lowest BCUT2D eigenvalue weighted by Gasteiger charge is -2.29. The van der Waals surface area contributed by atoms with Gasteiger partial charge in [0.25, 0.3) is 0 Å². The first-order valence-electron chi connectivity index (χ1n) is 6.32. The number of rotatable bonds is 3. The van der Waals surface area contributed by atoms with E-state index in [1.807, 2.05) is 12.1 Å². The Morgan fingerprint density at radius 3 is 2.76 bits per heavy atom. The van der Waals surface area contributed by atoms with E-state index in [0.717, 1.165) is 31.4 Å². The zero-order valence-corrected chi connectivity index (χ0v) is 10.8. The van der Waals surface area contributed by atoms with Crippen LogP contribution in [0.5, 0.6) is 0 Å². The number of anilines is 2. The van der Waals surface area contributed by atoms with Crippen LogP contribution in [0.15, 0.2) is 18.2 Å². The van der Waals surface area contributed by atoms with Crippen LogP contribution in [0.3, 0.4) is 0 Å². The maximum Gasteiger partial charge on any atom is 0.0469 e. The molecule has 1 fully saturated rings. The minimum Gasteiger partial charge on any atom is -0.398 e. The molecule has 2 N–H and O–H groups in total. The summed E-state index contributed by atoms with van der Waals surface area (Å²) >= 11 is 0. The van der Waals surface area contributed by atoms with Crippen LogP contribution < -0.4 is 10.6 Å². The largest absolute Gasteiger partial charge is 0.398 e. The molecule has 0 radical (unpaired) electrons. The Bertz CT molecular complexity index is 372. The van der Waals surface area contributed by atoms with Crippen molar-refractivity contribution in [3.63, 3.8) is 0 Å². The highest BCUT2D eigenvalue weighted by Gasteiger charge is 2.17. The summed E-state index contributed by atoms with van der Waals surface area (Å²) in [5.41, 5.74) is 9.25. The van der Waals surface area contributed by atoms with Crippen LogP contribution in [0.25, 0.3) is 0 Å². The van der Waals surface area contributed by atoms with E-state index in [1.54, 1.807) is 0 Å². The first kappa shape index (κ1) is 12.2. The number of nitrogens with two attached hydrogens (primary N) is 1. The minimum absolute atomic E-state index is 0.745. The van der Waals surface area contributed by atoms with E-state index in [-0.39, 0.29) is 0 Å². The van der Waals surface area contributed by atoms with E-state index in [9.17, 15) is 0 Å². The van der Waals surface area contributed by atoms with Crippen molar-refractivity contribution in [2.45, 2.75) is 19.8 Å². The van der Waals surface area contributed by atoms with Gasteiger partial charge in [0.15, 0.2) is 0 Å². The summed E-state index contributed by atoms with van der Waals surface area (Å²) in [6.45, 7) is 5.00. The van der Waals surface area contributed by atoms with Gasteiger partial charge in [0.1, 0.15) is 0 Å². The molecule has 0 bridgehead atoms. The third kappa shape index (κ3) is 2.91. The third-order valence-corrected chi connectivity index (χ3v) is 3.63. The SMILES string of the molecule is Cc1c(N)cccc1N(C)CC1CCOCC1. The molecule has 0 spiro atoms. The fraction of sp³-hybridized carbons (Fsp3) is 0.571. The van der Waals surface area contributed by atoms with Crippen LogP contribution in [0.2, 0.25) is 0 Å². The normalized spacial score (nSPS) is 17.1. The Morgan fingerprint density at radius 2 is 2.06 bits per heavy atom. The van der Waals surface area contributed by atoms with Crippen molar-refractivity contribution in [2.75, 3.05) is 37.4 Å². The third-order valence-electron chi connectivity index (χ3n) is 3.63. The molecule has 17 heavy (non-hydrogen) atoms. The van der Waals surface area contributed by atoms with Crippen LogP contribution >= 0.6 is 0 Å². The van der Waals surface area contributed by atoms with Gasteiger partial charge in [-0.05, 0) is 43.4 Å². The fourth-order valence-electron chi connectivity index (χ4n) is 2.47. The van der Waals surface area contributed by atoms with Crippen LogP contribution in [-0.2, 0) is 4.74 Å². The molecular formula is C14H22N2O. The number of ether oxygens (including phenoxy) is 1. The molecule has 94 valence electrons. The predicted molar refractivity (Wildman–Crippen MR) is 72.4 cm³/mol. The lowest BCUT2D eigenvalue weighted by atomic mass is 9.99. The molecule has 1 aliphatic rings. The highest BCUT2D eigenvalue weighted by Crippen LogP contribution is 2.26. The quantitative estimate of drug-likeness (QED) is 0.816. The molecule has 1 heterocycles. The van der Waals surface area contributed by atoms with Gasteiger partial charge in [-0.25, -0.2) is 0 Å². The molecule has 1 aliphatic heterocycles. The molecule has 0 atom stereocenters. The van der Waals surface area contributed by atoms with Crippen molar-refractivity contribution >= 4 is 11.4 Å². The highest BCUT2D eigenvalue weighted by molar-refractivity contribution is 5.63. The van der Waals surface area contributed by atoms with E-state index in [4.69, 9.17) is 10.5 Å². The zero-order valence-electron chi connectivity index (χ0n) is 10.8. The Kier molecular flexibility index (Phi) is 3.89. The second-order valence-corrected chi connectivity index (χ2v) is 4.93. The molecule has 0 amide bonds. The van der Waals surface area contributed by atoms with Crippen LogP contribution in [-0.4, -0.2) is 26.8 Å². The molecule has 1 saturated heterocycles. The van der Waals surface area contributed by atoms with Gasteiger partial charge >= 0.3 is 0 Å². The molecule has 3 nitrogen and oxygen atoms in total. The molecule has 1 aromatic carbocycles. The van der Waals surface area contributed by atoms with Crippen molar-refractivity contribution in [3.05, 3.63) is 23.8 Å². The monoisotopic (exact) mass is 234 g/mol. The summed E-state index contributed by atoms with van der Waals surface area (Å²) in [6, 6.07) is 6.13. The average Bonchev–Trinajstić information content (AvgIpc) is 2.34. The van der Waals surface area contributed by atoms with Gasteiger partial charge in [-0.1, -0.05) is 6.07 Å². The molecule has 0 aliphatic carbocycles. The molecule has 3 heteroatoms. The standard InChI is InChI=1S/C14H22N2O/c1-11-13(15)4-3-5-14(11)16(2)10-12-6-8-17-9-7-12/h3-5,12H,6-10,15H2,1-2H3. The van der Waals surface area contributed by atoms with Gasteiger partial charge in [0.05, 0.1) is 0 Å². The Hall–Kier alpha value is -1.22. The number of nitrogen functional groups attached to an aromatic ring is 1. The van der Waals surface area contributed by atoms with Gasteiger partial charge in [0, 0.05) is 38.2 Å². The van der Waals surface area contributed by atoms with E-state index < -0.39 is 0 Å². The van der Waals surface area contributed by atoms with Gasteiger partial charge in [-0.3, -0.25) is 0 Å². The Balaban J connectivity index is 2.03. The number of hydrogen-bond acceptors (Lipinski definition) is 3. The molecule has 1 aromatic rings. The maximum absolute atomic E-state index is 5.94. The van der Waals surface area contributed by atoms with Crippen molar-refractivity contribution in [2.24, 2.45) is 5.92 Å². The van der Waals surface area contributed by atoms with Gasteiger partial charge in [-0.15, -0.1) is 0 Å². The molecular weight excluding hydrogens is 212 g/mol. The zero-order chi connectivity index (χ0) is 12.3. The number of nitrogens with zero attached hydrogens (tertiary/aromatic N) is 1. The molecule has 0 unspecified atom stereocenters. The fourth-order valence-corrected chi connectivity index (χ4v) is 2.47. The topological polar surface area (TPSA) is 38.5 Å². The Labute approximate surface area is 104 Å². The summed E-state index contributed by atoms with van der Waals surface area (Å²) in [5, 5.41) is 0. The first-order chi connectivity index (χ1) is 8.18. The lowest BCUT2D eigenvalue weighted by Crippen LogP contribution is -2.30. The second-order valence-electron chi connectivity index (χ2n) is 4.93. The summed E-state index contributed by atoms with van der Waals surface area (Å²) in [6.07, 6.45) is 2.34. The van der Waals surface area contributed by atoms with E-state index >= 15 is 0 Å². The predicted octanol–water partition coefficient (Wildman–Crippen LogP) is 2.44. The van der Waals surface area contributed by atoms with Crippen molar-refractivity contribution in [1.82, 2.24) is 0 Å². The second kappa shape index (κ2) is 5.41. The van der Waals surface area contributed by atoms with Crippen molar-refractivity contribution in [3.8, 4) is 0 Å². The maximum atomic E-state index is 5.94. The van der Waals surface area contributed by atoms with Crippen molar-refractivity contribution in [1.29, 1.82) is 0 Å². The molecule has 2 rings (SSSR count). The lowest BCUT2D eigenvalue weighted by molar-refractivity contribution is 0.0685. The first-order valence-corrected chi connectivity index (χ1v) is 6.32. The highest BCUT2D eigenvalue weighted by atomic mass is 16.5. The van der Waals surface area contributed by atoms with Crippen molar-refractivity contribution < 1.29 is 4.74 Å². The summed E-state index contributed by atoms with van der Waals surface area (Å²) < 4.78 is 5.39. The van der Waals surface area contributed by atoms with E-state index in [1.165, 1.54) is 24.1 Å². The van der Waals surface area contributed by atoms with Gasteiger partial charge < -0.3 is 15.4 Å². The number of hydrogen-bond donors (Lipinski definition) is 1.